The van der Waals surface area contributed by atoms with E-state index in [-0.39, 0.29) is 18.4 Å². The number of methoxy groups -OCH3 is 1. The van der Waals surface area contributed by atoms with E-state index >= 15 is 0 Å². The maximum Gasteiger partial charge on any atom is 0.271 e. The zero-order chi connectivity index (χ0) is 22.9. The molecule has 0 aliphatic heterocycles. The summed E-state index contributed by atoms with van der Waals surface area (Å²) >= 11 is 0. The number of carbonyl (C=O) groups is 2. The van der Waals surface area contributed by atoms with E-state index in [1.165, 1.54) is 6.21 Å². The molecule has 7 nitrogen and oxygen atoms in total. The number of hydrogen-bond donors (Lipinski definition) is 2. The Hall–Kier alpha value is -4.13. The average Bonchev–Trinajstić information content (AvgIpc) is 2.80. The van der Waals surface area contributed by atoms with Gasteiger partial charge in [-0.1, -0.05) is 18.2 Å². The molecule has 0 aromatic heterocycles. The predicted molar refractivity (Wildman–Crippen MR) is 125 cm³/mol. The lowest BCUT2D eigenvalue weighted by molar-refractivity contribution is -0.118. The van der Waals surface area contributed by atoms with Gasteiger partial charge in [-0.15, -0.1) is 0 Å². The molecule has 0 fully saturated rings. The van der Waals surface area contributed by atoms with Gasteiger partial charge in [0.1, 0.15) is 11.5 Å². The van der Waals surface area contributed by atoms with Gasteiger partial charge in [-0.3, -0.25) is 9.59 Å². The van der Waals surface area contributed by atoms with E-state index in [1.807, 2.05) is 38.1 Å². The first-order valence-electron chi connectivity index (χ1n) is 10.0. The maximum atomic E-state index is 12.2. The van der Waals surface area contributed by atoms with Gasteiger partial charge in [0.2, 0.25) is 0 Å². The summed E-state index contributed by atoms with van der Waals surface area (Å²) in [5, 5.41) is 6.80. The highest BCUT2D eigenvalue weighted by Gasteiger charge is 2.06. The zero-order valence-electron chi connectivity index (χ0n) is 18.2. The molecule has 0 spiro atoms. The molecule has 3 rings (SSSR count). The Morgan fingerprint density at radius 3 is 2.44 bits per heavy atom. The van der Waals surface area contributed by atoms with Gasteiger partial charge in [0.15, 0.2) is 6.61 Å². The van der Waals surface area contributed by atoms with Gasteiger partial charge < -0.3 is 14.8 Å². The van der Waals surface area contributed by atoms with Gasteiger partial charge in [0.05, 0.1) is 13.3 Å². The smallest absolute Gasteiger partial charge is 0.271 e. The molecule has 0 saturated carbocycles. The second kappa shape index (κ2) is 10.8. The molecule has 0 atom stereocenters. The van der Waals surface area contributed by atoms with E-state index in [1.54, 1.807) is 49.6 Å². The molecule has 0 heterocycles. The van der Waals surface area contributed by atoms with Crippen LogP contribution in [0.25, 0.3) is 0 Å². The van der Waals surface area contributed by atoms with Gasteiger partial charge in [0.25, 0.3) is 11.8 Å². The van der Waals surface area contributed by atoms with Gasteiger partial charge in [-0.05, 0) is 79.1 Å². The molecule has 7 heteroatoms. The standard InChI is InChI=1S/C25H25N3O4/c1-17-7-10-21(13-18(17)2)27-24(29)16-32-23-6-4-5-19(14-23)15-26-28-25(30)20-8-11-22(31-3)12-9-20/h4-15H,16H2,1-3H3,(H,27,29)(H,28,30)/b26-15+. The van der Waals surface area contributed by atoms with Crippen LogP contribution in [0.1, 0.15) is 27.0 Å². The first kappa shape index (κ1) is 22.6. The highest BCUT2D eigenvalue weighted by molar-refractivity contribution is 5.95. The number of anilines is 1. The Labute approximate surface area is 187 Å². The van der Waals surface area contributed by atoms with Crippen molar-refractivity contribution < 1.29 is 19.1 Å². The second-order valence-electron chi connectivity index (χ2n) is 7.14. The number of nitrogens with one attached hydrogen (secondary N) is 2. The number of rotatable bonds is 8. The lowest BCUT2D eigenvalue weighted by Gasteiger charge is -2.09. The monoisotopic (exact) mass is 431 g/mol. The highest BCUT2D eigenvalue weighted by atomic mass is 16.5. The summed E-state index contributed by atoms with van der Waals surface area (Å²) in [7, 11) is 1.56. The van der Waals surface area contributed by atoms with Crippen LogP contribution in [0.4, 0.5) is 5.69 Å². The molecule has 0 unspecified atom stereocenters. The minimum atomic E-state index is -0.334. The summed E-state index contributed by atoms with van der Waals surface area (Å²) in [5.41, 5.74) is 6.66. The third kappa shape index (κ3) is 6.43. The van der Waals surface area contributed by atoms with Crippen LogP contribution in [0.3, 0.4) is 0 Å². The average molecular weight is 431 g/mol. The summed E-state index contributed by atoms with van der Waals surface area (Å²) in [4.78, 5) is 24.3. The van der Waals surface area contributed by atoms with Crippen molar-refractivity contribution in [1.82, 2.24) is 5.43 Å². The Morgan fingerprint density at radius 2 is 1.72 bits per heavy atom. The summed E-state index contributed by atoms with van der Waals surface area (Å²) in [6, 6.07) is 19.5. The van der Waals surface area contributed by atoms with Gasteiger partial charge in [-0.2, -0.15) is 5.10 Å². The van der Waals surface area contributed by atoms with E-state index in [4.69, 9.17) is 9.47 Å². The first-order valence-corrected chi connectivity index (χ1v) is 10.0. The number of nitrogens with zero attached hydrogens (tertiary/aromatic N) is 1. The minimum absolute atomic E-state index is 0.123. The number of amides is 2. The molecule has 2 N–H and O–H groups in total. The maximum absolute atomic E-state index is 12.2. The summed E-state index contributed by atoms with van der Waals surface area (Å²) in [6.07, 6.45) is 1.50. The number of aryl methyl sites for hydroxylation is 2. The van der Waals surface area contributed by atoms with Crippen LogP contribution in [0.15, 0.2) is 71.8 Å². The first-order chi connectivity index (χ1) is 15.4. The van der Waals surface area contributed by atoms with E-state index in [2.05, 4.69) is 15.8 Å². The molecule has 0 aliphatic rings. The zero-order valence-corrected chi connectivity index (χ0v) is 18.2. The van der Waals surface area contributed by atoms with E-state index in [0.29, 0.717) is 22.6 Å². The Balaban J connectivity index is 1.51. The highest BCUT2D eigenvalue weighted by Crippen LogP contribution is 2.15. The number of benzene rings is 3. The fourth-order valence-electron chi connectivity index (χ4n) is 2.82. The lowest BCUT2D eigenvalue weighted by atomic mass is 10.1. The van der Waals surface area contributed by atoms with Gasteiger partial charge in [0, 0.05) is 11.3 Å². The molecule has 0 bridgehead atoms. The van der Waals surface area contributed by atoms with Crippen molar-refractivity contribution in [3.63, 3.8) is 0 Å². The largest absolute Gasteiger partial charge is 0.497 e. The van der Waals surface area contributed by atoms with Crippen LogP contribution in [0.5, 0.6) is 11.5 Å². The van der Waals surface area contributed by atoms with Crippen molar-refractivity contribution in [1.29, 1.82) is 0 Å². The predicted octanol–water partition coefficient (Wildman–Crippen LogP) is 4.09. The summed E-state index contributed by atoms with van der Waals surface area (Å²) < 4.78 is 10.7. The van der Waals surface area contributed by atoms with Crippen LogP contribution in [0.2, 0.25) is 0 Å². The molecule has 164 valence electrons. The molecule has 3 aromatic rings. The van der Waals surface area contributed by atoms with E-state index in [0.717, 1.165) is 16.8 Å². The summed E-state index contributed by atoms with van der Waals surface area (Å²) in [6.45, 7) is 3.89. The van der Waals surface area contributed by atoms with Crippen molar-refractivity contribution in [3.8, 4) is 11.5 Å². The fraction of sp³-hybridized carbons (Fsp3) is 0.160. The molecule has 0 saturated heterocycles. The van der Waals surface area contributed by atoms with Crippen LogP contribution in [0, 0.1) is 13.8 Å². The number of hydrazone groups is 1. The Bertz CT molecular complexity index is 1120. The SMILES string of the molecule is COc1ccc(C(=O)N/N=C/c2cccc(OCC(=O)Nc3ccc(C)c(C)c3)c2)cc1. The quantitative estimate of drug-likeness (QED) is 0.415. The van der Waals surface area contributed by atoms with Crippen LogP contribution in [-0.2, 0) is 4.79 Å². The van der Waals surface area contributed by atoms with Crippen LogP contribution < -0.4 is 20.2 Å². The van der Waals surface area contributed by atoms with Crippen molar-refractivity contribution in [2.24, 2.45) is 5.10 Å². The van der Waals surface area contributed by atoms with Crippen molar-refractivity contribution in [3.05, 3.63) is 89.0 Å². The van der Waals surface area contributed by atoms with E-state index in [9.17, 15) is 9.59 Å². The van der Waals surface area contributed by atoms with Gasteiger partial charge in [-0.25, -0.2) is 5.43 Å². The molecule has 0 radical (unpaired) electrons. The van der Waals surface area contributed by atoms with Gasteiger partial charge >= 0.3 is 0 Å². The third-order valence-corrected chi connectivity index (χ3v) is 4.75. The number of carbonyl (C=O) groups excluding carboxylic acids is 2. The number of hydrogen-bond acceptors (Lipinski definition) is 5. The van der Waals surface area contributed by atoms with Crippen LogP contribution >= 0.6 is 0 Å². The molecular formula is C25H25N3O4. The van der Waals surface area contributed by atoms with Crippen molar-refractivity contribution in [2.75, 3.05) is 19.0 Å². The Kier molecular flexibility index (Phi) is 7.59. The third-order valence-electron chi connectivity index (χ3n) is 4.75. The minimum Gasteiger partial charge on any atom is -0.497 e. The topological polar surface area (TPSA) is 89.0 Å². The molecule has 3 aromatic carbocycles. The molecule has 32 heavy (non-hydrogen) atoms. The second-order valence-corrected chi connectivity index (χ2v) is 7.14. The normalized spacial score (nSPS) is 10.6. The fourth-order valence-corrected chi connectivity index (χ4v) is 2.82. The van der Waals surface area contributed by atoms with Crippen LogP contribution in [-0.4, -0.2) is 31.7 Å². The lowest BCUT2D eigenvalue weighted by Crippen LogP contribution is -2.20. The number of ether oxygens (including phenoxy) is 2. The molecule has 2 amide bonds. The molecule has 0 aliphatic carbocycles. The van der Waals surface area contributed by atoms with E-state index < -0.39 is 0 Å². The van der Waals surface area contributed by atoms with Crippen molar-refractivity contribution in [2.45, 2.75) is 13.8 Å². The Morgan fingerprint density at radius 1 is 0.938 bits per heavy atom. The molecular weight excluding hydrogens is 406 g/mol. The summed E-state index contributed by atoms with van der Waals surface area (Å²) in [5.74, 6) is 0.605. The van der Waals surface area contributed by atoms with Crippen molar-refractivity contribution >= 4 is 23.7 Å².